The summed E-state index contributed by atoms with van der Waals surface area (Å²) in [5.41, 5.74) is 6.87. The van der Waals surface area contributed by atoms with Gasteiger partial charge >= 0.3 is 0 Å². The number of nitrogens with zero attached hydrogens (tertiary/aromatic N) is 3. The first-order valence-corrected chi connectivity index (χ1v) is 8.89. The van der Waals surface area contributed by atoms with Crippen LogP contribution in [0.2, 0.25) is 0 Å². The molecule has 0 radical (unpaired) electrons. The Labute approximate surface area is 126 Å². The van der Waals surface area contributed by atoms with Crippen LogP contribution in [0.25, 0.3) is 0 Å². The van der Waals surface area contributed by atoms with Crippen LogP contribution in [0.15, 0.2) is 21.7 Å². The first-order valence-electron chi connectivity index (χ1n) is 5.74. The van der Waals surface area contributed by atoms with Crippen molar-refractivity contribution in [3.8, 4) is 0 Å². The molecule has 2 aromatic heterocycles. The smallest absolute Gasteiger partial charge is 0.249 e. The molecule has 2 N–H and O–H groups in total. The minimum absolute atomic E-state index is 0.0517. The van der Waals surface area contributed by atoms with Crippen molar-refractivity contribution in [2.24, 2.45) is 0 Å². The molecule has 2 heterocycles. The van der Waals surface area contributed by atoms with Crippen LogP contribution < -0.4 is 10.6 Å². The third-order valence-corrected chi connectivity index (χ3v) is 6.46. The quantitative estimate of drug-likeness (QED) is 0.901. The Kier molecular flexibility index (Phi) is 4.33. The Bertz CT molecular complexity index is 677. The van der Waals surface area contributed by atoms with Crippen LogP contribution in [0.4, 0.5) is 10.8 Å². The van der Waals surface area contributed by atoms with E-state index in [1.54, 1.807) is 11.3 Å². The third-order valence-electron chi connectivity index (χ3n) is 2.74. The van der Waals surface area contributed by atoms with Crippen molar-refractivity contribution in [3.63, 3.8) is 0 Å². The molecule has 0 saturated heterocycles. The highest BCUT2D eigenvalue weighted by Gasteiger charge is 2.29. The summed E-state index contributed by atoms with van der Waals surface area (Å²) >= 11 is 2.71. The van der Waals surface area contributed by atoms with Gasteiger partial charge in [0.2, 0.25) is 10.0 Å². The molecule has 110 valence electrons. The van der Waals surface area contributed by atoms with E-state index in [0.717, 1.165) is 21.4 Å². The lowest BCUT2D eigenvalue weighted by molar-refractivity contribution is 0.521. The van der Waals surface area contributed by atoms with Gasteiger partial charge in [-0.2, -0.15) is 15.7 Å². The summed E-state index contributed by atoms with van der Waals surface area (Å²) in [6, 6.07) is 2.01. The lowest BCUT2D eigenvalue weighted by atomic mass is 10.3. The molecule has 9 heteroatoms. The summed E-state index contributed by atoms with van der Waals surface area (Å²) in [6.45, 7) is 0.612. The summed E-state index contributed by atoms with van der Waals surface area (Å²) in [4.78, 5) is 1.94. The van der Waals surface area contributed by atoms with Gasteiger partial charge in [-0.25, -0.2) is 12.7 Å². The Hall–Kier alpha value is -1.16. The fourth-order valence-corrected chi connectivity index (χ4v) is 4.55. The van der Waals surface area contributed by atoms with E-state index in [0.29, 0.717) is 11.5 Å². The molecule has 0 saturated carbocycles. The van der Waals surface area contributed by atoms with Crippen molar-refractivity contribution < 1.29 is 8.42 Å². The van der Waals surface area contributed by atoms with Gasteiger partial charge in [-0.3, -0.25) is 0 Å². The number of thiophene rings is 1. The SMILES string of the molecule is CN(Cc1ccsc1)c1snc(N)c1S(=O)(=O)N(C)C. The Morgan fingerprint density at radius 3 is 2.60 bits per heavy atom. The highest BCUT2D eigenvalue weighted by Crippen LogP contribution is 2.36. The molecule has 0 aliphatic heterocycles. The van der Waals surface area contributed by atoms with E-state index in [2.05, 4.69) is 4.37 Å². The van der Waals surface area contributed by atoms with E-state index >= 15 is 0 Å². The fraction of sp³-hybridized carbons (Fsp3) is 0.364. The second-order valence-corrected chi connectivity index (χ2v) is 8.10. The molecule has 0 bridgehead atoms. The predicted octanol–water partition coefficient (Wildman–Crippen LogP) is 1.67. The van der Waals surface area contributed by atoms with Gasteiger partial charge in [-0.05, 0) is 33.9 Å². The molecule has 0 aliphatic carbocycles. The van der Waals surface area contributed by atoms with E-state index in [-0.39, 0.29) is 10.7 Å². The molecule has 0 unspecified atom stereocenters. The monoisotopic (exact) mass is 332 g/mol. The predicted molar refractivity (Wildman–Crippen MR) is 83.8 cm³/mol. The first kappa shape index (κ1) is 15.2. The molecule has 0 spiro atoms. The Morgan fingerprint density at radius 2 is 2.05 bits per heavy atom. The number of aromatic nitrogens is 1. The average Bonchev–Trinajstić information content (AvgIpc) is 2.98. The van der Waals surface area contributed by atoms with Gasteiger partial charge < -0.3 is 10.6 Å². The van der Waals surface area contributed by atoms with E-state index < -0.39 is 10.0 Å². The van der Waals surface area contributed by atoms with Crippen LogP contribution in [-0.2, 0) is 16.6 Å². The molecule has 20 heavy (non-hydrogen) atoms. The lowest BCUT2D eigenvalue weighted by Gasteiger charge is -2.19. The summed E-state index contributed by atoms with van der Waals surface area (Å²) in [5, 5.41) is 4.57. The zero-order valence-electron chi connectivity index (χ0n) is 11.4. The van der Waals surface area contributed by atoms with Crippen molar-refractivity contribution in [2.75, 3.05) is 31.8 Å². The number of hydrogen-bond donors (Lipinski definition) is 1. The van der Waals surface area contributed by atoms with Gasteiger partial charge in [-0.1, -0.05) is 0 Å². The van der Waals surface area contributed by atoms with Crippen molar-refractivity contribution in [2.45, 2.75) is 11.4 Å². The number of nitrogen functional groups attached to an aromatic ring is 1. The maximum Gasteiger partial charge on any atom is 0.249 e. The number of hydrogen-bond acceptors (Lipinski definition) is 7. The van der Waals surface area contributed by atoms with Crippen molar-refractivity contribution in [3.05, 3.63) is 22.4 Å². The van der Waals surface area contributed by atoms with Gasteiger partial charge in [-0.15, -0.1) is 0 Å². The summed E-state index contributed by atoms with van der Waals surface area (Å²) in [7, 11) is 1.19. The van der Waals surface area contributed by atoms with Gasteiger partial charge in [0.25, 0.3) is 0 Å². The van der Waals surface area contributed by atoms with Crippen LogP contribution in [0, 0.1) is 0 Å². The second-order valence-electron chi connectivity index (χ2n) is 4.48. The van der Waals surface area contributed by atoms with Crippen LogP contribution >= 0.6 is 22.9 Å². The van der Waals surface area contributed by atoms with Crippen molar-refractivity contribution in [1.29, 1.82) is 0 Å². The zero-order chi connectivity index (χ0) is 14.9. The molecule has 0 atom stereocenters. The highest BCUT2D eigenvalue weighted by molar-refractivity contribution is 7.89. The van der Waals surface area contributed by atoms with Gasteiger partial charge in [0, 0.05) is 27.7 Å². The van der Waals surface area contributed by atoms with E-state index in [1.165, 1.54) is 14.1 Å². The standard InChI is InChI=1S/C11H16N4O2S3/c1-14(2)20(16,17)9-10(12)13-19-11(9)15(3)6-8-4-5-18-7-8/h4-5,7H,6H2,1-3H3,(H2,12,13). The van der Waals surface area contributed by atoms with Gasteiger partial charge in [0.15, 0.2) is 10.7 Å². The minimum Gasteiger partial charge on any atom is -0.382 e. The normalized spacial score (nSPS) is 12.0. The number of sulfonamides is 1. The maximum atomic E-state index is 12.3. The largest absolute Gasteiger partial charge is 0.382 e. The van der Waals surface area contributed by atoms with Gasteiger partial charge in [0.05, 0.1) is 0 Å². The summed E-state index contributed by atoms with van der Waals surface area (Å²) in [5.74, 6) is 0.0517. The van der Waals surface area contributed by atoms with Crippen LogP contribution in [0.5, 0.6) is 0 Å². The lowest BCUT2D eigenvalue weighted by Crippen LogP contribution is -2.25. The van der Waals surface area contributed by atoms with E-state index in [1.807, 2.05) is 28.8 Å². The van der Waals surface area contributed by atoms with Crippen molar-refractivity contribution >= 4 is 43.7 Å². The minimum atomic E-state index is -3.60. The fourth-order valence-electron chi connectivity index (χ4n) is 1.68. The van der Waals surface area contributed by atoms with E-state index in [4.69, 9.17) is 5.73 Å². The second kappa shape index (κ2) is 5.68. The third kappa shape index (κ3) is 2.80. The zero-order valence-corrected chi connectivity index (χ0v) is 13.8. The molecular weight excluding hydrogens is 316 g/mol. The molecule has 0 aromatic carbocycles. The number of anilines is 2. The van der Waals surface area contributed by atoms with E-state index in [9.17, 15) is 8.42 Å². The van der Waals surface area contributed by atoms with Crippen molar-refractivity contribution in [1.82, 2.24) is 8.68 Å². The average molecular weight is 332 g/mol. The summed E-state index contributed by atoms with van der Waals surface area (Å²) in [6.07, 6.45) is 0. The molecule has 2 aromatic rings. The van der Waals surface area contributed by atoms with Gasteiger partial charge in [0.1, 0.15) is 5.00 Å². The topological polar surface area (TPSA) is 79.5 Å². The molecule has 0 fully saturated rings. The highest BCUT2D eigenvalue weighted by atomic mass is 32.2. The van der Waals surface area contributed by atoms with Crippen LogP contribution in [0.1, 0.15) is 5.56 Å². The number of rotatable bonds is 5. The molecule has 6 nitrogen and oxygen atoms in total. The molecule has 0 aliphatic rings. The molecular formula is C11H16N4O2S3. The summed E-state index contributed by atoms with van der Waals surface area (Å²) < 4.78 is 29.8. The maximum absolute atomic E-state index is 12.3. The van der Waals surface area contributed by atoms with Crippen LogP contribution in [-0.4, -0.2) is 38.2 Å². The number of nitrogens with two attached hydrogens (primary N) is 1. The molecule has 2 rings (SSSR count). The first-order chi connectivity index (χ1) is 9.34. The Balaban J connectivity index is 2.39. The Morgan fingerprint density at radius 1 is 1.35 bits per heavy atom. The van der Waals surface area contributed by atoms with Crippen LogP contribution in [0.3, 0.4) is 0 Å². The molecule has 0 amide bonds.